The highest BCUT2D eigenvalue weighted by Gasteiger charge is 2.47. The fraction of sp³-hybridized carbons (Fsp3) is 0.533. The Morgan fingerprint density at radius 2 is 2.00 bits per heavy atom. The molecule has 1 heterocycles. The number of hydrogen-bond acceptors (Lipinski definition) is 4. The highest BCUT2D eigenvalue weighted by molar-refractivity contribution is 5.76. The van der Waals surface area contributed by atoms with E-state index in [9.17, 15) is 18.0 Å². The van der Waals surface area contributed by atoms with Crippen LogP contribution in [0.15, 0.2) is 30.3 Å². The maximum Gasteiger partial charge on any atom is 0.429 e. The fourth-order valence-corrected chi connectivity index (χ4v) is 2.29. The van der Waals surface area contributed by atoms with Crippen molar-refractivity contribution in [2.75, 3.05) is 6.54 Å². The minimum atomic E-state index is -4.64. The smallest absolute Gasteiger partial charge is 0.429 e. The summed E-state index contributed by atoms with van der Waals surface area (Å²) in [5, 5.41) is 2.89. The molecule has 0 aromatic heterocycles. The number of carbonyl (C=O) groups excluding carboxylic acids is 1. The zero-order chi connectivity index (χ0) is 16.2. The van der Waals surface area contributed by atoms with Gasteiger partial charge in [0, 0.05) is 0 Å². The van der Waals surface area contributed by atoms with Crippen LogP contribution in [0.1, 0.15) is 19.8 Å². The van der Waals surface area contributed by atoms with E-state index >= 15 is 0 Å². The third kappa shape index (κ3) is 4.37. The van der Waals surface area contributed by atoms with Gasteiger partial charge in [-0.1, -0.05) is 18.2 Å². The van der Waals surface area contributed by atoms with Crippen molar-refractivity contribution >= 4 is 5.97 Å². The number of esters is 1. The first-order valence-electron chi connectivity index (χ1n) is 7.10. The lowest BCUT2D eigenvalue weighted by Crippen LogP contribution is -2.47. The second-order valence-electron chi connectivity index (χ2n) is 5.18. The molecule has 0 spiro atoms. The Balaban J connectivity index is 2.03. The van der Waals surface area contributed by atoms with E-state index in [1.54, 1.807) is 18.2 Å². The van der Waals surface area contributed by atoms with Gasteiger partial charge in [-0.2, -0.15) is 13.2 Å². The van der Waals surface area contributed by atoms with Gasteiger partial charge in [0.15, 0.2) is 0 Å². The van der Waals surface area contributed by atoms with Crippen molar-refractivity contribution in [3.63, 3.8) is 0 Å². The van der Waals surface area contributed by atoms with E-state index in [-0.39, 0.29) is 5.75 Å². The quantitative estimate of drug-likeness (QED) is 0.848. The van der Waals surface area contributed by atoms with Crippen molar-refractivity contribution in [1.82, 2.24) is 5.32 Å². The molecule has 0 amide bonds. The summed E-state index contributed by atoms with van der Waals surface area (Å²) in [6, 6.07) is 7.12. The third-order valence-electron chi connectivity index (χ3n) is 3.40. The first-order chi connectivity index (χ1) is 10.4. The summed E-state index contributed by atoms with van der Waals surface area (Å²) >= 11 is 0. The van der Waals surface area contributed by atoms with Crippen LogP contribution in [0, 0.1) is 0 Å². The van der Waals surface area contributed by atoms with Crippen molar-refractivity contribution < 1.29 is 27.4 Å². The molecule has 1 saturated heterocycles. The molecule has 4 nitrogen and oxygen atoms in total. The van der Waals surface area contributed by atoms with E-state index in [2.05, 4.69) is 5.32 Å². The monoisotopic (exact) mass is 317 g/mol. The Morgan fingerprint density at radius 1 is 1.32 bits per heavy atom. The fourth-order valence-electron chi connectivity index (χ4n) is 2.29. The second-order valence-corrected chi connectivity index (χ2v) is 5.18. The van der Waals surface area contributed by atoms with Gasteiger partial charge in [-0.25, -0.2) is 0 Å². The van der Waals surface area contributed by atoms with Crippen LogP contribution in [0.5, 0.6) is 5.75 Å². The summed E-state index contributed by atoms with van der Waals surface area (Å²) in [5.74, 6) is -0.595. The number of rotatable bonds is 5. The van der Waals surface area contributed by atoms with Crippen molar-refractivity contribution in [2.45, 2.75) is 44.2 Å². The van der Waals surface area contributed by atoms with Crippen LogP contribution >= 0.6 is 0 Å². The van der Waals surface area contributed by atoms with E-state index in [0.29, 0.717) is 13.0 Å². The number of para-hydroxylation sites is 1. The molecule has 1 aliphatic heterocycles. The molecule has 122 valence electrons. The summed E-state index contributed by atoms with van der Waals surface area (Å²) in [6.45, 7) is 1.85. The predicted molar refractivity (Wildman–Crippen MR) is 73.5 cm³/mol. The highest BCUT2D eigenvalue weighted by atomic mass is 19.4. The van der Waals surface area contributed by atoms with E-state index < -0.39 is 30.4 Å². The van der Waals surface area contributed by atoms with Crippen LogP contribution in [-0.2, 0) is 9.53 Å². The van der Waals surface area contributed by atoms with Gasteiger partial charge in [0.25, 0.3) is 0 Å². The third-order valence-corrected chi connectivity index (χ3v) is 3.40. The molecule has 7 heteroatoms. The van der Waals surface area contributed by atoms with Crippen LogP contribution in [0.2, 0.25) is 0 Å². The van der Waals surface area contributed by atoms with E-state index in [1.807, 2.05) is 0 Å². The summed E-state index contributed by atoms with van der Waals surface area (Å²) in [6.07, 6.45) is -6.91. The normalized spacial score (nSPS) is 21.2. The molecule has 1 aliphatic rings. The molecule has 0 saturated carbocycles. The number of carbonyl (C=O) groups is 1. The molecule has 1 N–H and O–H groups in total. The maximum absolute atomic E-state index is 13.2. The SMILES string of the molecule is CC(OC(=O)[C@@H]1CCCN1)C(Oc1ccccc1)C(F)(F)F. The molecule has 0 radical (unpaired) electrons. The largest absolute Gasteiger partial charge is 0.477 e. The van der Waals surface area contributed by atoms with Gasteiger partial charge < -0.3 is 14.8 Å². The molecule has 1 aromatic rings. The Kier molecular flexibility index (Phi) is 5.28. The number of ether oxygens (including phenoxy) is 2. The Labute approximate surface area is 126 Å². The Morgan fingerprint density at radius 3 is 2.55 bits per heavy atom. The van der Waals surface area contributed by atoms with Crippen molar-refractivity contribution in [3.05, 3.63) is 30.3 Å². The van der Waals surface area contributed by atoms with Gasteiger partial charge in [0.2, 0.25) is 6.10 Å². The average Bonchev–Trinajstić information content (AvgIpc) is 2.98. The average molecular weight is 317 g/mol. The molecule has 3 atom stereocenters. The van der Waals surface area contributed by atoms with Crippen LogP contribution in [0.4, 0.5) is 13.2 Å². The van der Waals surface area contributed by atoms with Crippen molar-refractivity contribution in [1.29, 1.82) is 0 Å². The number of benzene rings is 1. The van der Waals surface area contributed by atoms with Crippen molar-refractivity contribution in [2.24, 2.45) is 0 Å². The molecule has 2 rings (SSSR count). The summed E-state index contributed by atoms with van der Waals surface area (Å²) in [4.78, 5) is 11.8. The predicted octanol–water partition coefficient (Wildman–Crippen LogP) is 2.68. The van der Waals surface area contributed by atoms with Crippen LogP contribution < -0.4 is 10.1 Å². The molecular weight excluding hydrogens is 299 g/mol. The van der Waals surface area contributed by atoms with Gasteiger partial charge in [0.1, 0.15) is 17.9 Å². The van der Waals surface area contributed by atoms with Gasteiger partial charge >= 0.3 is 12.1 Å². The van der Waals surface area contributed by atoms with Gasteiger partial charge in [-0.05, 0) is 38.4 Å². The second kappa shape index (κ2) is 7.00. The van der Waals surface area contributed by atoms with Gasteiger partial charge in [-0.15, -0.1) is 0 Å². The van der Waals surface area contributed by atoms with Crippen LogP contribution in [-0.4, -0.2) is 36.9 Å². The van der Waals surface area contributed by atoms with E-state index in [4.69, 9.17) is 9.47 Å². The standard InChI is InChI=1S/C15H18F3NO3/c1-10(21-14(20)12-8-5-9-19-12)13(15(16,17)18)22-11-6-3-2-4-7-11/h2-4,6-7,10,12-13,19H,5,8-9H2,1H3/t10?,12-,13?/m0/s1. The van der Waals surface area contributed by atoms with E-state index in [1.165, 1.54) is 19.1 Å². The first-order valence-corrected chi connectivity index (χ1v) is 7.10. The summed E-state index contributed by atoms with van der Waals surface area (Å²) < 4.78 is 49.4. The Bertz CT molecular complexity index is 487. The lowest BCUT2D eigenvalue weighted by Gasteiger charge is -2.27. The molecule has 2 unspecified atom stereocenters. The lowest BCUT2D eigenvalue weighted by molar-refractivity contribution is -0.224. The molecule has 0 bridgehead atoms. The minimum absolute atomic E-state index is 0.0757. The topological polar surface area (TPSA) is 47.6 Å². The first kappa shape index (κ1) is 16.6. The van der Waals surface area contributed by atoms with E-state index in [0.717, 1.165) is 6.42 Å². The summed E-state index contributed by atoms with van der Waals surface area (Å²) in [7, 11) is 0. The highest BCUT2D eigenvalue weighted by Crippen LogP contribution is 2.29. The molecule has 22 heavy (non-hydrogen) atoms. The number of hydrogen-bond donors (Lipinski definition) is 1. The van der Waals surface area contributed by atoms with Crippen LogP contribution in [0.25, 0.3) is 0 Å². The molecule has 1 aromatic carbocycles. The number of halogens is 3. The minimum Gasteiger partial charge on any atom is -0.477 e. The number of nitrogens with one attached hydrogen (secondary N) is 1. The molecule has 1 fully saturated rings. The van der Waals surface area contributed by atoms with Crippen LogP contribution in [0.3, 0.4) is 0 Å². The van der Waals surface area contributed by atoms with Crippen molar-refractivity contribution in [3.8, 4) is 5.75 Å². The lowest BCUT2D eigenvalue weighted by atomic mass is 10.2. The number of alkyl halides is 3. The summed E-state index contributed by atoms with van der Waals surface area (Å²) in [5.41, 5.74) is 0. The Hall–Kier alpha value is -1.76. The zero-order valence-electron chi connectivity index (χ0n) is 12.1. The van der Waals surface area contributed by atoms with Gasteiger partial charge in [-0.3, -0.25) is 4.79 Å². The zero-order valence-corrected chi connectivity index (χ0v) is 12.1. The molecular formula is C15H18F3NO3. The molecule has 0 aliphatic carbocycles. The maximum atomic E-state index is 13.2. The van der Waals surface area contributed by atoms with Gasteiger partial charge in [0.05, 0.1) is 0 Å².